The first kappa shape index (κ1) is 9.86. The van der Waals surface area contributed by atoms with Gasteiger partial charge in [0, 0.05) is 31.3 Å². The van der Waals surface area contributed by atoms with Crippen LogP contribution in [0.1, 0.15) is 6.42 Å². The van der Waals surface area contributed by atoms with E-state index in [4.69, 9.17) is 0 Å². The van der Waals surface area contributed by atoms with Crippen molar-refractivity contribution in [3.05, 3.63) is 0 Å². The molecule has 4 heteroatoms. The fourth-order valence-corrected chi connectivity index (χ4v) is 1.64. The van der Waals surface area contributed by atoms with Crippen LogP contribution in [0.3, 0.4) is 0 Å². The second-order valence-electron chi connectivity index (χ2n) is 3.50. The Hall–Kier alpha value is -0.220. The highest BCUT2D eigenvalue weighted by atomic mass is 32.1. The van der Waals surface area contributed by atoms with Crippen molar-refractivity contribution in [1.29, 1.82) is 0 Å². The van der Waals surface area contributed by atoms with Crippen LogP contribution < -0.4 is 0 Å². The molecule has 0 bridgehead atoms. The Balaban J connectivity index is 2.28. The minimum atomic E-state index is 0.247. The molecule has 0 spiro atoms. The highest BCUT2D eigenvalue weighted by molar-refractivity contribution is 7.81. The third kappa shape index (κ3) is 2.68. The molecule has 1 heterocycles. The molecule has 1 aliphatic heterocycles. The number of amides is 1. The van der Waals surface area contributed by atoms with Crippen molar-refractivity contribution >= 4 is 18.5 Å². The molecule has 0 aliphatic carbocycles. The van der Waals surface area contributed by atoms with E-state index >= 15 is 0 Å². The molecule has 0 N–H and O–H groups in total. The predicted molar refractivity (Wildman–Crippen MR) is 52.5 cm³/mol. The van der Waals surface area contributed by atoms with E-state index in [-0.39, 0.29) is 11.2 Å². The van der Waals surface area contributed by atoms with Crippen LogP contribution in [0.5, 0.6) is 0 Å². The smallest absolute Gasteiger partial charge is 0.223 e. The fourth-order valence-electron chi connectivity index (χ4n) is 1.29. The Kier molecular flexibility index (Phi) is 3.40. The highest BCUT2D eigenvalue weighted by Crippen LogP contribution is 2.14. The van der Waals surface area contributed by atoms with Gasteiger partial charge in [-0.3, -0.25) is 4.79 Å². The minimum absolute atomic E-state index is 0.247. The summed E-state index contributed by atoms with van der Waals surface area (Å²) in [7, 11) is 4.03. The van der Waals surface area contributed by atoms with E-state index in [0.29, 0.717) is 6.42 Å². The number of hydrogen-bond donors (Lipinski definition) is 1. The normalized spacial score (nSPS) is 24.2. The lowest BCUT2D eigenvalue weighted by Gasteiger charge is -2.18. The van der Waals surface area contributed by atoms with Gasteiger partial charge < -0.3 is 9.80 Å². The lowest BCUT2D eigenvalue weighted by molar-refractivity contribution is -0.127. The van der Waals surface area contributed by atoms with Crippen LogP contribution in [0.4, 0.5) is 0 Å². The van der Waals surface area contributed by atoms with Crippen molar-refractivity contribution in [2.45, 2.75) is 11.7 Å². The number of thiol groups is 1. The molecule has 1 atom stereocenters. The molecule has 70 valence electrons. The minimum Gasteiger partial charge on any atom is -0.340 e. The zero-order chi connectivity index (χ0) is 9.14. The van der Waals surface area contributed by atoms with E-state index in [1.807, 2.05) is 19.0 Å². The maximum absolute atomic E-state index is 11.3. The summed E-state index contributed by atoms with van der Waals surface area (Å²) in [6, 6.07) is 0. The van der Waals surface area contributed by atoms with Crippen molar-refractivity contribution in [2.75, 3.05) is 33.7 Å². The standard InChI is InChI=1S/C8H16N2OS/c1-9(2)3-4-10-6-7(12)5-8(10)11/h7,12H,3-6H2,1-2H3. The molecule has 1 unspecified atom stereocenters. The zero-order valence-electron chi connectivity index (χ0n) is 7.66. The maximum atomic E-state index is 11.3. The largest absolute Gasteiger partial charge is 0.340 e. The lowest BCUT2D eigenvalue weighted by atomic mass is 10.4. The number of nitrogens with zero attached hydrogens (tertiary/aromatic N) is 2. The molecule has 1 fully saturated rings. The van der Waals surface area contributed by atoms with Crippen molar-refractivity contribution in [1.82, 2.24) is 9.80 Å². The quantitative estimate of drug-likeness (QED) is 0.634. The molecule has 0 radical (unpaired) electrons. The molecule has 3 nitrogen and oxygen atoms in total. The van der Waals surface area contributed by atoms with E-state index in [0.717, 1.165) is 19.6 Å². The molecule has 1 aliphatic rings. The van der Waals surface area contributed by atoms with Crippen LogP contribution in [0, 0.1) is 0 Å². The summed E-state index contributed by atoms with van der Waals surface area (Å²) >= 11 is 4.28. The number of likely N-dealkylation sites (N-methyl/N-ethyl adjacent to an activating group) is 1. The third-order valence-electron chi connectivity index (χ3n) is 2.01. The summed E-state index contributed by atoms with van der Waals surface area (Å²) in [5.41, 5.74) is 0. The molecule has 0 saturated carbocycles. The van der Waals surface area contributed by atoms with Gasteiger partial charge in [0.1, 0.15) is 0 Å². The molecule has 1 rings (SSSR count). The molecular formula is C8H16N2OS. The Morgan fingerprint density at radius 3 is 2.75 bits per heavy atom. The lowest BCUT2D eigenvalue weighted by Crippen LogP contribution is -2.32. The Bertz CT molecular complexity index is 172. The number of carbonyl (C=O) groups excluding carboxylic acids is 1. The second-order valence-corrected chi connectivity index (χ2v) is 4.23. The van der Waals surface area contributed by atoms with Gasteiger partial charge in [-0.15, -0.1) is 0 Å². The molecule has 1 amide bonds. The monoisotopic (exact) mass is 188 g/mol. The summed E-state index contributed by atoms with van der Waals surface area (Å²) < 4.78 is 0. The number of hydrogen-bond acceptors (Lipinski definition) is 3. The van der Waals surface area contributed by atoms with E-state index in [2.05, 4.69) is 17.5 Å². The van der Waals surface area contributed by atoms with E-state index in [1.165, 1.54) is 0 Å². The van der Waals surface area contributed by atoms with Gasteiger partial charge in [-0.2, -0.15) is 12.6 Å². The van der Waals surface area contributed by atoms with Gasteiger partial charge in [0.25, 0.3) is 0 Å². The molecule has 0 aromatic carbocycles. The molecule has 12 heavy (non-hydrogen) atoms. The van der Waals surface area contributed by atoms with Crippen LogP contribution in [0.25, 0.3) is 0 Å². The van der Waals surface area contributed by atoms with Crippen LogP contribution in [-0.2, 0) is 4.79 Å². The van der Waals surface area contributed by atoms with Gasteiger partial charge >= 0.3 is 0 Å². The summed E-state index contributed by atoms with van der Waals surface area (Å²) in [6.45, 7) is 2.59. The first-order chi connectivity index (χ1) is 5.59. The van der Waals surface area contributed by atoms with E-state index < -0.39 is 0 Å². The summed E-state index contributed by atoms with van der Waals surface area (Å²) in [5, 5.41) is 0.250. The topological polar surface area (TPSA) is 23.6 Å². The van der Waals surface area contributed by atoms with Gasteiger partial charge in [0.15, 0.2) is 0 Å². The number of likely N-dealkylation sites (tertiary alicyclic amines) is 1. The van der Waals surface area contributed by atoms with Gasteiger partial charge in [-0.1, -0.05) is 0 Å². The average Bonchev–Trinajstić information content (AvgIpc) is 2.26. The van der Waals surface area contributed by atoms with Crippen LogP contribution in [-0.4, -0.2) is 54.7 Å². The Labute approximate surface area is 79.1 Å². The Morgan fingerprint density at radius 1 is 1.67 bits per heavy atom. The average molecular weight is 188 g/mol. The van der Waals surface area contributed by atoms with E-state index in [9.17, 15) is 4.79 Å². The zero-order valence-corrected chi connectivity index (χ0v) is 8.55. The van der Waals surface area contributed by atoms with Gasteiger partial charge in [-0.25, -0.2) is 0 Å². The van der Waals surface area contributed by atoms with Crippen molar-refractivity contribution in [2.24, 2.45) is 0 Å². The fraction of sp³-hybridized carbons (Fsp3) is 0.875. The molecule has 1 saturated heterocycles. The predicted octanol–water partition coefficient (Wildman–Crippen LogP) is 0.0787. The molecule has 0 aromatic rings. The summed E-state index contributed by atoms with van der Waals surface area (Å²) in [5.74, 6) is 0.247. The van der Waals surface area contributed by atoms with Crippen LogP contribution in [0.2, 0.25) is 0 Å². The number of rotatable bonds is 3. The molecule has 0 aromatic heterocycles. The van der Waals surface area contributed by atoms with Gasteiger partial charge in [0.05, 0.1) is 0 Å². The number of carbonyl (C=O) groups is 1. The van der Waals surface area contributed by atoms with Gasteiger partial charge in [0.2, 0.25) is 5.91 Å². The van der Waals surface area contributed by atoms with Gasteiger partial charge in [-0.05, 0) is 14.1 Å². The van der Waals surface area contributed by atoms with Crippen LogP contribution in [0.15, 0.2) is 0 Å². The maximum Gasteiger partial charge on any atom is 0.223 e. The first-order valence-corrected chi connectivity index (χ1v) is 4.72. The van der Waals surface area contributed by atoms with Crippen molar-refractivity contribution < 1.29 is 4.79 Å². The second kappa shape index (κ2) is 4.14. The third-order valence-corrected chi connectivity index (χ3v) is 2.36. The summed E-state index contributed by atoms with van der Waals surface area (Å²) in [4.78, 5) is 15.2. The summed E-state index contributed by atoms with van der Waals surface area (Å²) in [6.07, 6.45) is 0.608. The Morgan fingerprint density at radius 2 is 2.33 bits per heavy atom. The van der Waals surface area contributed by atoms with Crippen molar-refractivity contribution in [3.8, 4) is 0 Å². The first-order valence-electron chi connectivity index (χ1n) is 4.20. The molecular weight excluding hydrogens is 172 g/mol. The highest BCUT2D eigenvalue weighted by Gasteiger charge is 2.26. The van der Waals surface area contributed by atoms with E-state index in [1.54, 1.807) is 0 Å². The SMILES string of the molecule is CN(C)CCN1CC(S)CC1=O. The van der Waals surface area contributed by atoms with Crippen LogP contribution >= 0.6 is 12.6 Å². The van der Waals surface area contributed by atoms with Crippen molar-refractivity contribution in [3.63, 3.8) is 0 Å².